The number of fused-ring (bicyclic) bond motifs is 1. The van der Waals surface area contributed by atoms with E-state index in [4.69, 9.17) is 5.73 Å². The molecular weight excluding hydrogens is 380 g/mol. The number of piperazine rings is 1. The van der Waals surface area contributed by atoms with Crippen LogP contribution in [0.3, 0.4) is 0 Å². The van der Waals surface area contributed by atoms with E-state index in [0.717, 1.165) is 46.9 Å². The summed E-state index contributed by atoms with van der Waals surface area (Å²) in [6, 6.07) is 18.3. The third-order valence-corrected chi connectivity index (χ3v) is 6.02. The Kier molecular flexibility index (Phi) is 6.07. The lowest BCUT2D eigenvalue weighted by Crippen LogP contribution is -2.46. The highest BCUT2D eigenvalue weighted by Crippen LogP contribution is 2.28. The number of aromatic nitrogens is 3. The van der Waals surface area contributed by atoms with Gasteiger partial charge in [0.25, 0.3) is 0 Å². The predicted molar refractivity (Wildman–Crippen MR) is 122 cm³/mol. The smallest absolute Gasteiger partial charge is 0.192 e. The van der Waals surface area contributed by atoms with Crippen LogP contribution in [0, 0.1) is 0 Å². The molecule has 1 aliphatic rings. The molecule has 0 spiro atoms. The summed E-state index contributed by atoms with van der Waals surface area (Å²) in [5.74, 6) is 0. The fourth-order valence-electron chi connectivity index (χ4n) is 3.46. The first-order valence-electron chi connectivity index (χ1n) is 9.90. The molecule has 2 aromatic heterocycles. The van der Waals surface area contributed by atoms with Gasteiger partial charge < -0.3 is 15.5 Å². The van der Waals surface area contributed by atoms with Crippen LogP contribution in [0.25, 0.3) is 21.6 Å². The lowest BCUT2D eigenvalue weighted by Gasteiger charge is -2.35. The monoisotopic (exact) mass is 406 g/mol. The Morgan fingerprint density at radius 1 is 1.00 bits per heavy atom. The van der Waals surface area contributed by atoms with Crippen molar-refractivity contribution in [2.45, 2.75) is 6.92 Å². The molecule has 2 aromatic carbocycles. The van der Waals surface area contributed by atoms with Gasteiger partial charge >= 0.3 is 0 Å². The van der Waals surface area contributed by atoms with E-state index < -0.39 is 0 Å². The molecule has 4 aromatic rings. The summed E-state index contributed by atoms with van der Waals surface area (Å²) in [5.41, 5.74) is 12.6. The molecule has 150 valence electrons. The Morgan fingerprint density at radius 3 is 2.41 bits per heavy atom. The Labute approximate surface area is 175 Å². The molecule has 0 bridgehead atoms. The van der Waals surface area contributed by atoms with Gasteiger partial charge in [-0.05, 0) is 30.8 Å². The maximum Gasteiger partial charge on any atom is 0.192 e. The van der Waals surface area contributed by atoms with Crippen LogP contribution in [0.1, 0.15) is 6.92 Å². The van der Waals surface area contributed by atoms with Gasteiger partial charge in [0.2, 0.25) is 0 Å². The first-order valence-corrected chi connectivity index (χ1v) is 10.8. The second kappa shape index (κ2) is 9.07. The molecule has 1 aliphatic heterocycles. The van der Waals surface area contributed by atoms with Gasteiger partial charge in [-0.1, -0.05) is 37.3 Å². The highest BCUT2D eigenvalue weighted by molar-refractivity contribution is 7.17. The van der Waals surface area contributed by atoms with E-state index in [1.807, 2.05) is 35.8 Å². The zero-order valence-corrected chi connectivity index (χ0v) is 17.4. The number of nitrogens with two attached hydrogens (primary N) is 1. The lowest BCUT2D eigenvalue weighted by molar-refractivity contribution is 0.271. The maximum absolute atomic E-state index is 5.67. The van der Waals surface area contributed by atoms with Crippen molar-refractivity contribution in [2.75, 3.05) is 43.4 Å². The second-order valence-corrected chi connectivity index (χ2v) is 7.84. The predicted octanol–water partition coefficient (Wildman–Crippen LogP) is 4.10. The number of hydrogen-bond acceptors (Lipinski definition) is 6. The summed E-state index contributed by atoms with van der Waals surface area (Å²) in [6.45, 7) is 7.96. The second-order valence-electron chi connectivity index (χ2n) is 6.98. The van der Waals surface area contributed by atoms with Crippen LogP contribution >= 0.6 is 11.3 Å². The van der Waals surface area contributed by atoms with Crippen molar-refractivity contribution in [1.82, 2.24) is 20.1 Å². The van der Waals surface area contributed by atoms with Gasteiger partial charge in [-0.3, -0.25) is 5.10 Å². The van der Waals surface area contributed by atoms with E-state index in [-0.39, 0.29) is 0 Å². The van der Waals surface area contributed by atoms with Crippen molar-refractivity contribution in [3.8, 4) is 11.3 Å². The zero-order chi connectivity index (χ0) is 20.1. The van der Waals surface area contributed by atoms with Crippen LogP contribution in [0.4, 0.5) is 11.4 Å². The molecule has 0 unspecified atom stereocenters. The van der Waals surface area contributed by atoms with Crippen LogP contribution < -0.4 is 10.6 Å². The number of H-pyrrole nitrogens is 1. The highest BCUT2D eigenvalue weighted by Gasteiger charge is 2.15. The van der Waals surface area contributed by atoms with E-state index in [1.54, 1.807) is 11.3 Å². The molecule has 3 heterocycles. The SMILES string of the molecule is CCN1CCN(c2ccc(N)cc2)CC1.c1ccc(-c2[nH]nc3ncsc23)cc1. The van der Waals surface area contributed by atoms with E-state index in [1.165, 1.54) is 18.8 Å². The molecule has 0 radical (unpaired) electrons. The van der Waals surface area contributed by atoms with Crippen molar-refractivity contribution < 1.29 is 0 Å². The fraction of sp³-hybridized carbons (Fsp3) is 0.273. The molecule has 0 atom stereocenters. The number of likely N-dealkylation sites (N-methyl/N-ethyl adjacent to an activating group) is 1. The normalized spacial score (nSPS) is 14.6. The number of thiazole rings is 1. The number of rotatable bonds is 3. The molecule has 1 saturated heterocycles. The number of nitrogen functional groups attached to an aromatic ring is 1. The number of anilines is 2. The van der Waals surface area contributed by atoms with Gasteiger partial charge in [-0.2, -0.15) is 5.10 Å². The molecule has 29 heavy (non-hydrogen) atoms. The minimum absolute atomic E-state index is 0.800. The van der Waals surface area contributed by atoms with Crippen molar-refractivity contribution in [2.24, 2.45) is 0 Å². The van der Waals surface area contributed by atoms with Gasteiger partial charge in [-0.15, -0.1) is 11.3 Å². The molecule has 1 fully saturated rings. The van der Waals surface area contributed by atoms with E-state index in [2.05, 4.69) is 56.2 Å². The molecule has 6 nitrogen and oxygen atoms in total. The van der Waals surface area contributed by atoms with Crippen LogP contribution in [0.15, 0.2) is 60.1 Å². The molecule has 3 N–H and O–H groups in total. The third-order valence-electron chi connectivity index (χ3n) is 5.19. The Bertz CT molecular complexity index is 1020. The summed E-state index contributed by atoms with van der Waals surface area (Å²) in [7, 11) is 0. The zero-order valence-electron chi connectivity index (χ0n) is 16.6. The number of nitrogens with zero attached hydrogens (tertiary/aromatic N) is 4. The van der Waals surface area contributed by atoms with E-state index >= 15 is 0 Å². The summed E-state index contributed by atoms with van der Waals surface area (Å²) < 4.78 is 1.12. The quantitative estimate of drug-likeness (QED) is 0.501. The number of aromatic amines is 1. The van der Waals surface area contributed by atoms with Gasteiger partial charge in [0.15, 0.2) is 5.65 Å². The average Bonchev–Trinajstić information content (AvgIpc) is 3.40. The van der Waals surface area contributed by atoms with Crippen LogP contribution in [0.5, 0.6) is 0 Å². The van der Waals surface area contributed by atoms with Crippen molar-refractivity contribution in [3.63, 3.8) is 0 Å². The third kappa shape index (κ3) is 4.58. The van der Waals surface area contributed by atoms with Crippen LogP contribution in [-0.2, 0) is 0 Å². The first-order chi connectivity index (χ1) is 14.2. The lowest BCUT2D eigenvalue weighted by atomic mass is 10.2. The van der Waals surface area contributed by atoms with Crippen molar-refractivity contribution in [1.29, 1.82) is 0 Å². The minimum atomic E-state index is 0.800. The highest BCUT2D eigenvalue weighted by atomic mass is 32.1. The minimum Gasteiger partial charge on any atom is -0.399 e. The number of hydrogen-bond donors (Lipinski definition) is 2. The summed E-state index contributed by atoms with van der Waals surface area (Å²) >= 11 is 1.61. The van der Waals surface area contributed by atoms with Gasteiger partial charge in [0.1, 0.15) is 4.70 Å². The Morgan fingerprint density at radius 2 is 1.72 bits per heavy atom. The molecular formula is C22H26N6S. The van der Waals surface area contributed by atoms with E-state index in [0.29, 0.717) is 0 Å². The molecule has 0 aliphatic carbocycles. The number of nitrogens with one attached hydrogen (secondary N) is 1. The molecule has 5 rings (SSSR count). The maximum atomic E-state index is 5.67. The standard InChI is InChI=1S/C12H19N3.C10H7N3S/c1-2-14-7-9-15(10-8-14)12-5-3-11(13)4-6-12;1-2-4-7(5-3-1)8-9-10(13-12-8)11-6-14-9/h3-6H,2,7-10,13H2,1H3;1-6H,(H,12,13). The van der Waals surface area contributed by atoms with Crippen molar-refractivity contribution in [3.05, 3.63) is 60.1 Å². The molecule has 0 saturated carbocycles. The largest absolute Gasteiger partial charge is 0.399 e. The van der Waals surface area contributed by atoms with Crippen molar-refractivity contribution >= 4 is 33.1 Å². The molecule has 7 heteroatoms. The summed E-state index contributed by atoms with van der Waals surface area (Å²) in [6.07, 6.45) is 0. The molecule has 0 amide bonds. The Hall–Kier alpha value is -2.90. The van der Waals surface area contributed by atoms with Gasteiger partial charge in [-0.25, -0.2) is 4.98 Å². The first kappa shape index (κ1) is 19.4. The summed E-state index contributed by atoms with van der Waals surface area (Å²) in [4.78, 5) is 9.04. The van der Waals surface area contributed by atoms with E-state index in [9.17, 15) is 0 Å². The van der Waals surface area contributed by atoms with Gasteiger partial charge in [0.05, 0.1) is 11.2 Å². The summed E-state index contributed by atoms with van der Waals surface area (Å²) in [5, 5.41) is 7.14. The fourth-order valence-corrected chi connectivity index (χ4v) is 4.20. The topological polar surface area (TPSA) is 74.1 Å². The average molecular weight is 407 g/mol. The van der Waals surface area contributed by atoms with Crippen LogP contribution in [-0.4, -0.2) is 52.8 Å². The Balaban J connectivity index is 0.000000141. The number of benzene rings is 2. The van der Waals surface area contributed by atoms with Gasteiger partial charge in [0, 0.05) is 43.1 Å². The van der Waals surface area contributed by atoms with Crippen LogP contribution in [0.2, 0.25) is 0 Å².